The van der Waals surface area contributed by atoms with Gasteiger partial charge in [-0.1, -0.05) is 18.6 Å². The van der Waals surface area contributed by atoms with Crippen molar-refractivity contribution in [3.63, 3.8) is 0 Å². The molecular formula is C12H13NO. The van der Waals surface area contributed by atoms with Crippen molar-refractivity contribution >= 4 is 11.5 Å². The monoisotopic (exact) mass is 187 g/mol. The number of anilines is 1. The largest absolute Gasteiger partial charge is 0.381 e. The van der Waals surface area contributed by atoms with Crippen LogP contribution in [0.2, 0.25) is 0 Å². The van der Waals surface area contributed by atoms with E-state index in [2.05, 4.69) is 5.32 Å². The number of benzene rings is 1. The number of fused-ring (bicyclic) bond motifs is 2. The van der Waals surface area contributed by atoms with E-state index in [1.54, 1.807) is 0 Å². The van der Waals surface area contributed by atoms with Gasteiger partial charge in [-0.05, 0) is 25.0 Å². The predicted molar refractivity (Wildman–Crippen MR) is 55.5 cm³/mol. The van der Waals surface area contributed by atoms with Crippen molar-refractivity contribution in [3.8, 4) is 0 Å². The van der Waals surface area contributed by atoms with Crippen LogP contribution in [0.3, 0.4) is 0 Å². The number of rotatable bonds is 0. The van der Waals surface area contributed by atoms with Gasteiger partial charge in [0.2, 0.25) is 0 Å². The zero-order valence-electron chi connectivity index (χ0n) is 7.99. The van der Waals surface area contributed by atoms with Crippen LogP contribution >= 0.6 is 0 Å². The first-order valence-electron chi connectivity index (χ1n) is 5.26. The van der Waals surface area contributed by atoms with E-state index >= 15 is 0 Å². The van der Waals surface area contributed by atoms with Gasteiger partial charge in [-0.3, -0.25) is 4.79 Å². The molecule has 1 aliphatic carbocycles. The standard InChI is InChI=1S/C12H13NO/c14-12-8-4-1-2-6-10(8)13-11-7-3-5-9(11)12/h1-2,4,6,9,11,13H,3,5,7H2/t9-,11+/m1/s1. The lowest BCUT2D eigenvalue weighted by Crippen LogP contribution is -2.35. The lowest BCUT2D eigenvalue weighted by atomic mass is 9.88. The van der Waals surface area contributed by atoms with Crippen molar-refractivity contribution in [2.45, 2.75) is 25.3 Å². The van der Waals surface area contributed by atoms with Crippen LogP contribution in [0.15, 0.2) is 24.3 Å². The lowest BCUT2D eigenvalue weighted by Gasteiger charge is -2.28. The summed E-state index contributed by atoms with van der Waals surface area (Å²) in [5.41, 5.74) is 1.91. The first-order valence-corrected chi connectivity index (χ1v) is 5.26. The number of nitrogens with one attached hydrogen (secondary N) is 1. The highest BCUT2D eigenvalue weighted by molar-refractivity contribution is 6.05. The van der Waals surface area contributed by atoms with Gasteiger partial charge in [0.15, 0.2) is 5.78 Å². The van der Waals surface area contributed by atoms with Gasteiger partial charge < -0.3 is 5.32 Å². The molecule has 1 fully saturated rings. The Bertz CT molecular complexity index is 386. The maximum absolute atomic E-state index is 12.1. The molecule has 14 heavy (non-hydrogen) atoms. The van der Waals surface area contributed by atoms with Crippen molar-refractivity contribution in [2.24, 2.45) is 5.92 Å². The molecule has 3 rings (SSSR count). The van der Waals surface area contributed by atoms with Crippen LogP contribution in [0.5, 0.6) is 0 Å². The molecular weight excluding hydrogens is 174 g/mol. The quantitative estimate of drug-likeness (QED) is 0.676. The van der Waals surface area contributed by atoms with Gasteiger partial charge in [-0.15, -0.1) is 0 Å². The molecule has 2 aliphatic rings. The highest BCUT2D eigenvalue weighted by atomic mass is 16.1. The summed E-state index contributed by atoms with van der Waals surface area (Å²) in [5, 5.41) is 3.47. The molecule has 0 spiro atoms. The molecule has 1 aromatic rings. The van der Waals surface area contributed by atoms with Crippen LogP contribution in [-0.4, -0.2) is 11.8 Å². The number of ketones is 1. The summed E-state index contributed by atoms with van der Waals surface area (Å²) >= 11 is 0. The van der Waals surface area contributed by atoms with Crippen molar-refractivity contribution < 1.29 is 4.79 Å². The second-order valence-corrected chi connectivity index (χ2v) is 4.20. The Morgan fingerprint density at radius 3 is 3.00 bits per heavy atom. The van der Waals surface area contributed by atoms with E-state index in [9.17, 15) is 4.79 Å². The second kappa shape index (κ2) is 2.84. The summed E-state index contributed by atoms with van der Waals surface area (Å²) in [6.45, 7) is 0. The van der Waals surface area contributed by atoms with Crippen molar-refractivity contribution in [3.05, 3.63) is 29.8 Å². The number of hydrogen-bond donors (Lipinski definition) is 1. The van der Waals surface area contributed by atoms with Gasteiger partial charge in [-0.25, -0.2) is 0 Å². The zero-order chi connectivity index (χ0) is 9.54. The molecule has 2 atom stereocenters. The average Bonchev–Trinajstić information content (AvgIpc) is 2.66. The van der Waals surface area contributed by atoms with Crippen molar-refractivity contribution in [2.75, 3.05) is 5.32 Å². The molecule has 0 aromatic heterocycles. The highest BCUT2D eigenvalue weighted by Gasteiger charge is 2.37. The van der Waals surface area contributed by atoms with Crippen LogP contribution in [0.1, 0.15) is 29.6 Å². The summed E-state index contributed by atoms with van der Waals surface area (Å²) in [5.74, 6) is 0.590. The topological polar surface area (TPSA) is 29.1 Å². The Hall–Kier alpha value is -1.31. The fourth-order valence-electron chi connectivity index (χ4n) is 2.67. The molecule has 1 aliphatic heterocycles. The molecule has 2 nitrogen and oxygen atoms in total. The van der Waals surface area contributed by atoms with E-state index in [4.69, 9.17) is 0 Å². The molecule has 1 heterocycles. The summed E-state index contributed by atoms with van der Waals surface area (Å²) in [6, 6.07) is 8.25. The number of carbonyl (C=O) groups is 1. The van der Waals surface area contributed by atoms with Gasteiger partial charge in [0.25, 0.3) is 0 Å². The van der Waals surface area contributed by atoms with Gasteiger partial charge in [0, 0.05) is 23.2 Å². The van der Waals surface area contributed by atoms with Crippen LogP contribution in [0.25, 0.3) is 0 Å². The Morgan fingerprint density at radius 1 is 1.21 bits per heavy atom. The molecule has 0 bridgehead atoms. The van der Waals surface area contributed by atoms with E-state index < -0.39 is 0 Å². The molecule has 0 radical (unpaired) electrons. The van der Waals surface area contributed by atoms with E-state index in [1.807, 2.05) is 24.3 Å². The zero-order valence-corrected chi connectivity index (χ0v) is 7.99. The molecule has 0 saturated heterocycles. The SMILES string of the molecule is O=C1c2ccccc2N[C@H]2CCC[C@@H]12. The smallest absolute Gasteiger partial charge is 0.170 e. The molecule has 1 aromatic carbocycles. The fourth-order valence-corrected chi connectivity index (χ4v) is 2.67. The summed E-state index contributed by atoms with van der Waals surface area (Å²) < 4.78 is 0. The molecule has 72 valence electrons. The minimum absolute atomic E-state index is 0.241. The number of para-hydroxylation sites is 1. The summed E-state index contributed by atoms with van der Waals surface area (Å²) in [4.78, 5) is 12.1. The highest BCUT2D eigenvalue weighted by Crippen LogP contribution is 2.37. The van der Waals surface area contributed by atoms with Crippen LogP contribution in [0.4, 0.5) is 5.69 Å². The third kappa shape index (κ3) is 0.999. The lowest BCUT2D eigenvalue weighted by molar-refractivity contribution is 0.0911. The van der Waals surface area contributed by atoms with Gasteiger partial charge in [0.05, 0.1) is 0 Å². The second-order valence-electron chi connectivity index (χ2n) is 4.20. The Kier molecular flexibility index (Phi) is 1.63. The Labute approximate surface area is 83.3 Å². The normalized spacial score (nSPS) is 29.3. The Morgan fingerprint density at radius 2 is 2.07 bits per heavy atom. The maximum atomic E-state index is 12.1. The van der Waals surface area contributed by atoms with Crippen molar-refractivity contribution in [1.29, 1.82) is 0 Å². The van der Waals surface area contributed by atoms with Crippen LogP contribution in [0, 0.1) is 5.92 Å². The average molecular weight is 187 g/mol. The van der Waals surface area contributed by atoms with Crippen LogP contribution < -0.4 is 5.32 Å². The first-order chi connectivity index (χ1) is 6.86. The predicted octanol–water partition coefficient (Wildman–Crippen LogP) is 2.46. The van der Waals surface area contributed by atoms with Crippen LogP contribution in [-0.2, 0) is 0 Å². The van der Waals surface area contributed by atoms with E-state index in [0.717, 1.165) is 24.1 Å². The first kappa shape index (κ1) is 8.04. The summed E-state index contributed by atoms with van der Waals surface area (Å²) in [6.07, 6.45) is 3.39. The molecule has 0 amide bonds. The van der Waals surface area contributed by atoms with Gasteiger partial charge in [0.1, 0.15) is 0 Å². The Balaban J connectivity index is 2.08. The van der Waals surface area contributed by atoms with E-state index in [-0.39, 0.29) is 5.92 Å². The van der Waals surface area contributed by atoms with E-state index in [0.29, 0.717) is 11.8 Å². The van der Waals surface area contributed by atoms with Crippen molar-refractivity contribution in [1.82, 2.24) is 0 Å². The summed E-state index contributed by atoms with van der Waals surface area (Å²) in [7, 11) is 0. The maximum Gasteiger partial charge on any atom is 0.170 e. The number of Topliss-reactive ketones (excluding diaryl/α,β-unsaturated/α-hetero) is 1. The molecule has 2 heteroatoms. The molecule has 0 unspecified atom stereocenters. The minimum atomic E-state index is 0.241. The minimum Gasteiger partial charge on any atom is -0.381 e. The third-order valence-electron chi connectivity index (χ3n) is 3.39. The number of hydrogen-bond acceptors (Lipinski definition) is 2. The molecule has 1 N–H and O–H groups in total. The van der Waals surface area contributed by atoms with Gasteiger partial charge >= 0.3 is 0 Å². The number of carbonyl (C=O) groups excluding carboxylic acids is 1. The van der Waals surface area contributed by atoms with E-state index in [1.165, 1.54) is 6.42 Å². The third-order valence-corrected chi connectivity index (χ3v) is 3.39. The fraction of sp³-hybridized carbons (Fsp3) is 0.417. The molecule has 1 saturated carbocycles. The van der Waals surface area contributed by atoms with Gasteiger partial charge in [-0.2, -0.15) is 0 Å².